The Balaban J connectivity index is 2.20. The van der Waals surface area contributed by atoms with Crippen LogP contribution in [0.2, 0.25) is 0 Å². The largest absolute Gasteiger partial charge is 0.379 e. The first kappa shape index (κ1) is 14.0. The molecule has 0 aromatic heterocycles. The highest BCUT2D eigenvalue weighted by Crippen LogP contribution is 2.40. The first-order valence-electron chi connectivity index (χ1n) is 7.42. The molecule has 2 rings (SSSR count). The monoisotopic (exact) mass is 252 g/mol. The molecule has 104 valence electrons. The Kier molecular flexibility index (Phi) is 4.82. The summed E-state index contributed by atoms with van der Waals surface area (Å²) in [5, 5.41) is 3.68. The molecule has 1 atom stereocenters. The fourth-order valence-electron chi connectivity index (χ4n) is 3.81. The normalized spacial score (nSPS) is 26.1. The van der Waals surface area contributed by atoms with Crippen LogP contribution in [-0.4, -0.2) is 49.3 Å². The van der Waals surface area contributed by atoms with E-state index in [0.717, 1.165) is 32.8 Å². The van der Waals surface area contributed by atoms with Crippen LogP contribution in [-0.2, 0) is 4.74 Å². The van der Waals surface area contributed by atoms with Gasteiger partial charge in [-0.25, -0.2) is 0 Å². The van der Waals surface area contributed by atoms with Crippen molar-refractivity contribution in [2.75, 3.05) is 32.8 Å². The van der Waals surface area contributed by atoms with E-state index in [1.165, 1.54) is 31.3 Å². The Morgan fingerprint density at radius 1 is 1.33 bits per heavy atom. The van der Waals surface area contributed by atoms with Gasteiger partial charge in [-0.3, -0.25) is 4.90 Å². The van der Waals surface area contributed by atoms with Gasteiger partial charge in [0.25, 0.3) is 0 Å². The van der Waals surface area contributed by atoms with Gasteiger partial charge < -0.3 is 10.1 Å². The summed E-state index contributed by atoms with van der Waals surface area (Å²) >= 11 is 0. The number of ether oxygens (including phenoxy) is 1. The van der Waals surface area contributed by atoms with E-state index in [1.54, 1.807) is 0 Å². The number of likely N-dealkylation sites (N-methyl/N-ethyl adjacent to an activating group) is 1. The van der Waals surface area contributed by atoms with Crippen LogP contribution in [0.5, 0.6) is 0 Å². The van der Waals surface area contributed by atoms with Crippen molar-refractivity contribution in [3.05, 3.63) is 12.2 Å². The third-order valence-electron chi connectivity index (χ3n) is 4.55. The number of nitrogens with one attached hydrogen (secondary N) is 1. The molecule has 0 bridgehead atoms. The first-order valence-corrected chi connectivity index (χ1v) is 7.42. The quantitative estimate of drug-likeness (QED) is 0.759. The van der Waals surface area contributed by atoms with Crippen LogP contribution in [0.25, 0.3) is 0 Å². The molecule has 18 heavy (non-hydrogen) atoms. The molecule has 1 unspecified atom stereocenters. The lowest BCUT2D eigenvalue weighted by atomic mass is 9.82. The minimum absolute atomic E-state index is 0.297. The van der Waals surface area contributed by atoms with E-state index < -0.39 is 0 Å². The molecule has 0 radical (unpaired) electrons. The second-order valence-corrected chi connectivity index (χ2v) is 5.75. The van der Waals surface area contributed by atoms with Gasteiger partial charge in [0.05, 0.1) is 13.2 Å². The van der Waals surface area contributed by atoms with Gasteiger partial charge in [-0.2, -0.15) is 0 Å². The number of nitrogens with zero attached hydrogens (tertiary/aromatic N) is 1. The van der Waals surface area contributed by atoms with E-state index in [1.807, 2.05) is 0 Å². The van der Waals surface area contributed by atoms with Gasteiger partial charge in [0.2, 0.25) is 0 Å². The zero-order valence-electron chi connectivity index (χ0n) is 12.0. The van der Waals surface area contributed by atoms with Gasteiger partial charge in [-0.15, -0.1) is 0 Å². The minimum atomic E-state index is 0.297. The average molecular weight is 252 g/mol. The molecule has 1 aliphatic carbocycles. The maximum absolute atomic E-state index is 5.52. The standard InChI is InChI=1S/C15H28N2O/c1-4-16-14(13(2)3)15(7-5-6-8-15)17-9-11-18-12-10-17/h14,16H,2,4-12H2,1,3H3. The zero-order valence-corrected chi connectivity index (χ0v) is 12.0. The van der Waals surface area contributed by atoms with Crippen molar-refractivity contribution in [1.82, 2.24) is 10.2 Å². The predicted octanol–water partition coefficient (Wildman–Crippen LogP) is 2.19. The van der Waals surface area contributed by atoms with Crippen LogP contribution < -0.4 is 5.32 Å². The highest BCUT2D eigenvalue weighted by atomic mass is 16.5. The molecular formula is C15H28N2O. The molecule has 1 N–H and O–H groups in total. The summed E-state index contributed by atoms with van der Waals surface area (Å²) in [5.41, 5.74) is 1.58. The lowest BCUT2D eigenvalue weighted by Gasteiger charge is -2.49. The molecule has 1 saturated carbocycles. The lowest BCUT2D eigenvalue weighted by Crippen LogP contribution is -2.62. The minimum Gasteiger partial charge on any atom is -0.379 e. The molecule has 0 spiro atoms. The highest BCUT2D eigenvalue weighted by Gasteiger charge is 2.46. The van der Waals surface area contributed by atoms with Gasteiger partial charge in [0, 0.05) is 24.7 Å². The molecule has 3 heteroatoms. The zero-order chi connectivity index (χ0) is 13.0. The van der Waals surface area contributed by atoms with Crippen LogP contribution in [0.15, 0.2) is 12.2 Å². The van der Waals surface area contributed by atoms with Crippen molar-refractivity contribution in [2.24, 2.45) is 0 Å². The van der Waals surface area contributed by atoms with Crippen molar-refractivity contribution < 1.29 is 4.74 Å². The molecule has 0 aromatic rings. The van der Waals surface area contributed by atoms with E-state index in [9.17, 15) is 0 Å². The summed E-state index contributed by atoms with van der Waals surface area (Å²) in [6.07, 6.45) is 5.31. The SMILES string of the molecule is C=C(C)C(NCC)C1(N2CCOCC2)CCCC1. The van der Waals surface area contributed by atoms with Gasteiger partial charge in [0.1, 0.15) is 0 Å². The van der Waals surface area contributed by atoms with Gasteiger partial charge in [-0.05, 0) is 26.3 Å². The Hall–Kier alpha value is -0.380. The summed E-state index contributed by atoms with van der Waals surface area (Å²) in [7, 11) is 0. The Labute approximate surface area is 112 Å². The van der Waals surface area contributed by atoms with Gasteiger partial charge in [0.15, 0.2) is 0 Å². The van der Waals surface area contributed by atoms with Gasteiger partial charge in [-0.1, -0.05) is 31.9 Å². The first-order chi connectivity index (χ1) is 8.70. The number of hydrogen-bond donors (Lipinski definition) is 1. The van der Waals surface area contributed by atoms with E-state index in [-0.39, 0.29) is 0 Å². The fourth-order valence-corrected chi connectivity index (χ4v) is 3.81. The summed E-state index contributed by atoms with van der Waals surface area (Å²) in [6.45, 7) is 13.6. The molecule has 0 amide bonds. The van der Waals surface area contributed by atoms with Crippen LogP contribution in [0.3, 0.4) is 0 Å². The third-order valence-corrected chi connectivity index (χ3v) is 4.55. The second kappa shape index (κ2) is 6.18. The predicted molar refractivity (Wildman–Crippen MR) is 75.9 cm³/mol. The Morgan fingerprint density at radius 2 is 1.94 bits per heavy atom. The molecule has 1 aliphatic heterocycles. The van der Waals surface area contributed by atoms with Crippen molar-refractivity contribution in [3.63, 3.8) is 0 Å². The summed E-state index contributed by atoms with van der Waals surface area (Å²) < 4.78 is 5.52. The maximum atomic E-state index is 5.52. The smallest absolute Gasteiger partial charge is 0.0594 e. The van der Waals surface area contributed by atoms with Crippen molar-refractivity contribution in [2.45, 2.75) is 51.1 Å². The van der Waals surface area contributed by atoms with Gasteiger partial charge >= 0.3 is 0 Å². The summed E-state index contributed by atoms with van der Waals surface area (Å²) in [5.74, 6) is 0. The van der Waals surface area contributed by atoms with Crippen molar-refractivity contribution in [1.29, 1.82) is 0 Å². The fraction of sp³-hybridized carbons (Fsp3) is 0.867. The molecular weight excluding hydrogens is 224 g/mol. The van der Waals surface area contributed by atoms with Crippen molar-refractivity contribution >= 4 is 0 Å². The van der Waals surface area contributed by atoms with E-state index in [2.05, 4.69) is 30.6 Å². The Morgan fingerprint density at radius 3 is 2.44 bits per heavy atom. The van der Waals surface area contributed by atoms with Crippen LogP contribution >= 0.6 is 0 Å². The van der Waals surface area contributed by atoms with Crippen LogP contribution in [0, 0.1) is 0 Å². The van der Waals surface area contributed by atoms with E-state index in [4.69, 9.17) is 4.74 Å². The topological polar surface area (TPSA) is 24.5 Å². The average Bonchev–Trinajstić information content (AvgIpc) is 2.87. The molecule has 1 heterocycles. The third kappa shape index (κ3) is 2.63. The van der Waals surface area contributed by atoms with Crippen LogP contribution in [0.4, 0.5) is 0 Å². The molecule has 2 aliphatic rings. The number of rotatable bonds is 5. The molecule has 0 aromatic carbocycles. The molecule has 3 nitrogen and oxygen atoms in total. The van der Waals surface area contributed by atoms with E-state index >= 15 is 0 Å². The second-order valence-electron chi connectivity index (χ2n) is 5.75. The Bertz CT molecular complexity index is 278. The molecule has 2 fully saturated rings. The summed E-state index contributed by atoms with van der Waals surface area (Å²) in [6, 6.07) is 0.433. The lowest BCUT2D eigenvalue weighted by molar-refractivity contribution is -0.0306. The highest BCUT2D eigenvalue weighted by molar-refractivity contribution is 5.17. The van der Waals surface area contributed by atoms with E-state index in [0.29, 0.717) is 11.6 Å². The van der Waals surface area contributed by atoms with Crippen LogP contribution in [0.1, 0.15) is 39.5 Å². The maximum Gasteiger partial charge on any atom is 0.0594 e. The summed E-state index contributed by atoms with van der Waals surface area (Å²) in [4.78, 5) is 2.67. The van der Waals surface area contributed by atoms with Crippen molar-refractivity contribution in [3.8, 4) is 0 Å². The molecule has 1 saturated heterocycles. The number of morpholine rings is 1. The number of hydrogen-bond acceptors (Lipinski definition) is 3.